The number of carbonyl (C=O) groups excluding carboxylic acids is 1. The van der Waals surface area contributed by atoms with Crippen LogP contribution in [0.4, 0.5) is 4.39 Å². The first-order valence-electron chi connectivity index (χ1n) is 7.92. The number of pyridine rings is 1. The molecule has 0 bridgehead atoms. The summed E-state index contributed by atoms with van der Waals surface area (Å²) < 4.78 is 18.8. The van der Waals surface area contributed by atoms with Crippen molar-refractivity contribution in [3.8, 4) is 5.75 Å². The molecule has 0 aliphatic carbocycles. The predicted octanol–water partition coefficient (Wildman–Crippen LogP) is 3.30. The zero-order chi connectivity index (χ0) is 18.7. The number of rotatable bonds is 5. The second-order valence-electron chi connectivity index (χ2n) is 5.68. The summed E-state index contributed by atoms with van der Waals surface area (Å²) in [5.74, 6) is -0.601. The van der Waals surface area contributed by atoms with Gasteiger partial charge in [-0.15, -0.1) is 0 Å². The molecule has 0 saturated heterocycles. The first-order chi connectivity index (χ1) is 12.5. The minimum absolute atomic E-state index is 0.0284. The summed E-state index contributed by atoms with van der Waals surface area (Å²) in [4.78, 5) is 27.0. The van der Waals surface area contributed by atoms with Crippen LogP contribution in [0.25, 0.3) is 10.9 Å². The Morgan fingerprint density at radius 1 is 1.27 bits per heavy atom. The molecule has 2 aromatic carbocycles. The van der Waals surface area contributed by atoms with Gasteiger partial charge in [-0.2, -0.15) is 0 Å². The van der Waals surface area contributed by atoms with Gasteiger partial charge in [-0.25, -0.2) is 4.39 Å². The topological polar surface area (TPSA) is 71.2 Å². The van der Waals surface area contributed by atoms with E-state index in [1.807, 2.05) is 0 Å². The van der Waals surface area contributed by atoms with Gasteiger partial charge in [0.2, 0.25) is 0 Å². The van der Waals surface area contributed by atoms with Crippen molar-refractivity contribution >= 4 is 28.4 Å². The van der Waals surface area contributed by atoms with E-state index in [2.05, 4.69) is 10.3 Å². The molecule has 0 aliphatic heterocycles. The Balaban J connectivity index is 1.75. The second kappa shape index (κ2) is 7.58. The molecule has 0 saturated carbocycles. The number of nitrogens with one attached hydrogen (secondary N) is 2. The highest BCUT2D eigenvalue weighted by atomic mass is 35.5. The highest BCUT2D eigenvalue weighted by Crippen LogP contribution is 2.28. The van der Waals surface area contributed by atoms with Crippen molar-refractivity contribution < 1.29 is 13.9 Å². The van der Waals surface area contributed by atoms with E-state index in [9.17, 15) is 14.0 Å². The van der Waals surface area contributed by atoms with Gasteiger partial charge in [-0.05, 0) is 36.8 Å². The maximum Gasteiger partial charge on any atom is 0.254 e. The number of amides is 1. The van der Waals surface area contributed by atoms with Crippen molar-refractivity contribution in [2.45, 2.75) is 6.42 Å². The normalized spacial score (nSPS) is 10.7. The largest absolute Gasteiger partial charge is 0.495 e. The van der Waals surface area contributed by atoms with E-state index in [0.29, 0.717) is 28.3 Å². The smallest absolute Gasteiger partial charge is 0.254 e. The Labute approximate surface area is 153 Å². The number of halogens is 2. The second-order valence-corrected chi connectivity index (χ2v) is 6.09. The summed E-state index contributed by atoms with van der Waals surface area (Å²) in [6.45, 7) is 0.201. The number of carbonyl (C=O) groups is 1. The van der Waals surface area contributed by atoms with Crippen molar-refractivity contribution in [2.75, 3.05) is 13.7 Å². The number of H-pyrrole nitrogens is 1. The fourth-order valence-corrected chi connectivity index (χ4v) is 2.89. The van der Waals surface area contributed by atoms with E-state index < -0.39 is 11.7 Å². The molecule has 134 valence electrons. The van der Waals surface area contributed by atoms with E-state index in [0.717, 1.165) is 5.39 Å². The third-order valence-corrected chi connectivity index (χ3v) is 4.29. The molecule has 2 N–H and O–H groups in total. The van der Waals surface area contributed by atoms with Gasteiger partial charge in [0.15, 0.2) is 0 Å². The third kappa shape index (κ3) is 3.70. The quantitative estimate of drug-likeness (QED) is 0.719. The van der Waals surface area contributed by atoms with Crippen molar-refractivity contribution in [2.24, 2.45) is 0 Å². The summed E-state index contributed by atoms with van der Waals surface area (Å²) in [7, 11) is 1.51. The number of benzene rings is 2. The molecule has 3 rings (SSSR count). The Bertz CT molecular complexity index is 1030. The molecule has 0 atom stereocenters. The summed E-state index contributed by atoms with van der Waals surface area (Å²) in [6.07, 6.45) is 0.302. The average molecular weight is 375 g/mol. The van der Waals surface area contributed by atoms with Gasteiger partial charge in [0.25, 0.3) is 11.5 Å². The Hall–Kier alpha value is -2.86. The van der Waals surface area contributed by atoms with Crippen LogP contribution in [0.15, 0.2) is 47.3 Å². The van der Waals surface area contributed by atoms with E-state index >= 15 is 0 Å². The number of fused-ring (bicyclic) bond motifs is 1. The van der Waals surface area contributed by atoms with Crippen LogP contribution in [-0.2, 0) is 6.42 Å². The van der Waals surface area contributed by atoms with Gasteiger partial charge in [-0.3, -0.25) is 9.59 Å². The summed E-state index contributed by atoms with van der Waals surface area (Å²) in [5, 5.41) is 3.79. The first kappa shape index (κ1) is 17.9. The van der Waals surface area contributed by atoms with Gasteiger partial charge in [0.05, 0.1) is 23.2 Å². The Morgan fingerprint density at radius 2 is 2.04 bits per heavy atom. The molecule has 0 radical (unpaired) electrons. The number of methoxy groups -OCH3 is 1. The number of aromatic nitrogens is 1. The lowest BCUT2D eigenvalue weighted by atomic mass is 10.1. The van der Waals surface area contributed by atoms with Crippen LogP contribution in [0.3, 0.4) is 0 Å². The summed E-state index contributed by atoms with van der Waals surface area (Å²) in [6, 6.07) is 10.8. The molecule has 3 aromatic rings. The number of ether oxygens (including phenoxy) is 1. The molecular formula is C19H16ClFN2O3. The van der Waals surface area contributed by atoms with Crippen molar-refractivity contribution in [1.82, 2.24) is 10.3 Å². The third-order valence-electron chi connectivity index (χ3n) is 3.99. The maximum absolute atomic E-state index is 13.6. The highest BCUT2D eigenvalue weighted by molar-refractivity contribution is 6.32. The van der Waals surface area contributed by atoms with Gasteiger partial charge in [0.1, 0.15) is 11.6 Å². The molecule has 7 heteroatoms. The van der Waals surface area contributed by atoms with Gasteiger partial charge < -0.3 is 15.0 Å². The summed E-state index contributed by atoms with van der Waals surface area (Å²) >= 11 is 6.06. The zero-order valence-electron chi connectivity index (χ0n) is 13.9. The van der Waals surface area contributed by atoms with Crippen LogP contribution in [0.1, 0.15) is 15.9 Å². The van der Waals surface area contributed by atoms with E-state index in [4.69, 9.17) is 16.3 Å². The predicted molar refractivity (Wildman–Crippen MR) is 98.6 cm³/mol. The monoisotopic (exact) mass is 374 g/mol. The SMILES string of the molecule is COc1cc2cc(CCNC(=O)c3ccccc3F)c(=O)[nH]c2cc1Cl. The molecule has 1 aromatic heterocycles. The van der Waals surface area contributed by atoms with Crippen molar-refractivity contribution in [3.63, 3.8) is 0 Å². The lowest BCUT2D eigenvalue weighted by molar-refractivity contribution is 0.0950. The standard InChI is InChI=1S/C19H16ClFN2O3/c1-26-17-9-12-8-11(18(24)23-16(12)10-14(17)20)6-7-22-19(25)13-4-2-3-5-15(13)21/h2-5,8-10H,6-7H2,1H3,(H,22,25)(H,23,24). The van der Waals surface area contributed by atoms with Crippen molar-refractivity contribution in [3.05, 3.63) is 74.8 Å². The zero-order valence-corrected chi connectivity index (χ0v) is 14.7. The van der Waals surface area contributed by atoms with Crippen molar-refractivity contribution in [1.29, 1.82) is 0 Å². The molecule has 0 unspecified atom stereocenters. The van der Waals surface area contributed by atoms with Crippen LogP contribution in [0.2, 0.25) is 5.02 Å². The molecule has 1 amide bonds. The molecule has 0 spiro atoms. The average Bonchev–Trinajstić information content (AvgIpc) is 2.62. The van der Waals surface area contributed by atoms with E-state index in [1.165, 1.54) is 25.3 Å². The Morgan fingerprint density at radius 3 is 2.77 bits per heavy atom. The van der Waals surface area contributed by atoms with E-state index in [-0.39, 0.29) is 17.7 Å². The van der Waals surface area contributed by atoms with Crippen LogP contribution in [-0.4, -0.2) is 24.5 Å². The van der Waals surface area contributed by atoms with Gasteiger partial charge in [0, 0.05) is 17.5 Å². The highest BCUT2D eigenvalue weighted by Gasteiger charge is 2.11. The maximum atomic E-state index is 13.6. The van der Waals surface area contributed by atoms with Crippen LogP contribution in [0, 0.1) is 5.82 Å². The first-order valence-corrected chi connectivity index (χ1v) is 8.29. The lowest BCUT2D eigenvalue weighted by Gasteiger charge is -2.08. The van der Waals surface area contributed by atoms with Crippen LogP contribution >= 0.6 is 11.6 Å². The number of hydrogen-bond donors (Lipinski definition) is 2. The molecular weight excluding hydrogens is 359 g/mol. The lowest BCUT2D eigenvalue weighted by Crippen LogP contribution is -2.28. The summed E-state index contributed by atoms with van der Waals surface area (Å²) in [5.41, 5.74) is 0.800. The molecule has 26 heavy (non-hydrogen) atoms. The number of aromatic amines is 1. The number of hydrogen-bond acceptors (Lipinski definition) is 3. The molecule has 0 fully saturated rings. The minimum atomic E-state index is -0.586. The Kier molecular flexibility index (Phi) is 5.23. The van der Waals surface area contributed by atoms with Crippen LogP contribution in [0.5, 0.6) is 5.75 Å². The fourth-order valence-electron chi connectivity index (χ4n) is 2.65. The fraction of sp³-hybridized carbons (Fsp3) is 0.158. The van der Waals surface area contributed by atoms with E-state index in [1.54, 1.807) is 24.3 Å². The molecule has 1 heterocycles. The van der Waals surface area contributed by atoms with Gasteiger partial charge >= 0.3 is 0 Å². The van der Waals surface area contributed by atoms with Crippen LogP contribution < -0.4 is 15.6 Å². The van der Waals surface area contributed by atoms with Gasteiger partial charge in [-0.1, -0.05) is 23.7 Å². The molecule has 5 nitrogen and oxygen atoms in total. The minimum Gasteiger partial charge on any atom is -0.495 e. The molecule has 0 aliphatic rings.